The lowest BCUT2D eigenvalue weighted by molar-refractivity contribution is 0.0218. The number of carbonyl (C=O) groups excluding carboxylic acids is 1. The minimum atomic E-state index is -0.455. The maximum atomic E-state index is 12.1. The minimum absolute atomic E-state index is 0.0218. The molecule has 1 fully saturated rings. The van der Waals surface area contributed by atoms with Gasteiger partial charge in [0.2, 0.25) is 0 Å². The van der Waals surface area contributed by atoms with Crippen LogP contribution in [0.3, 0.4) is 0 Å². The van der Waals surface area contributed by atoms with Crippen LogP contribution in [0.4, 0.5) is 4.79 Å². The molecule has 0 saturated carbocycles. The Morgan fingerprint density at radius 3 is 2.60 bits per heavy atom. The normalized spacial score (nSPS) is 18.5. The van der Waals surface area contributed by atoms with Gasteiger partial charge in [0.1, 0.15) is 11.4 Å². The summed E-state index contributed by atoms with van der Waals surface area (Å²) in [5, 5.41) is 0. The molecule has 1 aliphatic heterocycles. The van der Waals surface area contributed by atoms with E-state index in [2.05, 4.69) is 9.97 Å². The topological polar surface area (TPSA) is 58.2 Å². The van der Waals surface area contributed by atoms with Crippen molar-refractivity contribution in [1.82, 2.24) is 14.9 Å². The number of aromatic nitrogens is 2. The van der Waals surface area contributed by atoms with E-state index in [1.54, 1.807) is 11.1 Å². The summed E-state index contributed by atoms with van der Waals surface area (Å²) >= 11 is 0. The van der Waals surface area contributed by atoms with Crippen molar-refractivity contribution in [3.8, 4) is 0 Å². The van der Waals surface area contributed by atoms with Crippen LogP contribution in [0.2, 0.25) is 0 Å². The lowest BCUT2D eigenvalue weighted by atomic mass is 10.2. The zero-order chi connectivity index (χ0) is 15.3. The highest BCUT2D eigenvalue weighted by Crippen LogP contribution is 2.31. The molecule has 2 heterocycles. The van der Waals surface area contributed by atoms with Crippen LogP contribution >= 0.6 is 0 Å². The molecule has 0 bridgehead atoms. The molecule has 1 saturated heterocycles. The highest BCUT2D eigenvalue weighted by molar-refractivity contribution is 5.69. The van der Waals surface area contributed by atoms with Crippen molar-refractivity contribution in [1.29, 1.82) is 0 Å². The van der Waals surface area contributed by atoms with Crippen LogP contribution < -0.4 is 0 Å². The summed E-state index contributed by atoms with van der Waals surface area (Å²) < 4.78 is 5.43. The summed E-state index contributed by atoms with van der Waals surface area (Å²) in [6.45, 7) is 12.3. The molecule has 0 radical (unpaired) electrons. The van der Waals surface area contributed by atoms with Crippen molar-refractivity contribution in [2.45, 2.75) is 66.0 Å². The molecule has 0 aliphatic carbocycles. The Bertz CT molecular complexity index is 435. The van der Waals surface area contributed by atoms with Crippen LogP contribution in [-0.2, 0) is 4.74 Å². The summed E-state index contributed by atoms with van der Waals surface area (Å²) in [6, 6.07) is 0.0218. The molecular formula is C15H27N3O2. The molecule has 0 aromatic carbocycles. The smallest absolute Gasteiger partial charge is 0.410 e. The molecule has 114 valence electrons. The van der Waals surface area contributed by atoms with Crippen molar-refractivity contribution in [3.05, 3.63) is 17.7 Å². The third kappa shape index (κ3) is 4.25. The number of hydrogen-bond acceptors (Lipinski definition) is 3. The molecule has 1 aromatic heterocycles. The van der Waals surface area contributed by atoms with Gasteiger partial charge in [0.15, 0.2) is 0 Å². The maximum Gasteiger partial charge on any atom is 0.410 e. The summed E-state index contributed by atoms with van der Waals surface area (Å²) in [4.78, 5) is 21.4. The number of H-pyrrole nitrogens is 1. The first kappa shape index (κ1) is 16.5. The van der Waals surface area contributed by atoms with E-state index in [4.69, 9.17) is 4.74 Å². The zero-order valence-corrected chi connectivity index (χ0v) is 13.5. The summed E-state index contributed by atoms with van der Waals surface area (Å²) in [6.07, 6.45) is 3.47. The first-order valence-corrected chi connectivity index (χ1v) is 7.38. The van der Waals surface area contributed by atoms with Crippen LogP contribution in [0, 0.1) is 6.92 Å². The van der Waals surface area contributed by atoms with Gasteiger partial charge in [0.05, 0.1) is 6.04 Å². The number of imidazole rings is 1. The molecule has 1 amide bonds. The number of nitrogens with zero attached hydrogens (tertiary/aromatic N) is 2. The average Bonchev–Trinajstić information content (AvgIpc) is 2.97. The average molecular weight is 281 g/mol. The van der Waals surface area contributed by atoms with Crippen molar-refractivity contribution in [2.24, 2.45) is 0 Å². The molecule has 5 nitrogen and oxygen atoms in total. The van der Waals surface area contributed by atoms with E-state index in [1.165, 1.54) is 0 Å². The molecule has 20 heavy (non-hydrogen) atoms. The Balaban J connectivity index is 0.000000956. The lowest BCUT2D eigenvalue weighted by Gasteiger charge is -2.27. The monoisotopic (exact) mass is 281 g/mol. The standard InChI is InChI=1S/C13H21N3O2.C2H6/c1-9-8-14-11(15-9)10-6-5-7-16(10)12(17)18-13(2,3)4;1-2/h8,10H,5-7H2,1-4H3,(H,14,15);1-2H3. The molecule has 1 aliphatic rings. The van der Waals surface area contributed by atoms with Gasteiger partial charge >= 0.3 is 6.09 Å². The fraction of sp³-hybridized carbons (Fsp3) is 0.733. The van der Waals surface area contributed by atoms with E-state index < -0.39 is 5.60 Å². The minimum Gasteiger partial charge on any atom is -0.444 e. The molecule has 1 atom stereocenters. The van der Waals surface area contributed by atoms with Crippen molar-refractivity contribution in [2.75, 3.05) is 6.54 Å². The van der Waals surface area contributed by atoms with Crippen LogP contribution in [-0.4, -0.2) is 33.1 Å². The number of ether oxygens (including phenoxy) is 1. The Hall–Kier alpha value is -1.52. The van der Waals surface area contributed by atoms with Crippen LogP contribution in [0.5, 0.6) is 0 Å². The summed E-state index contributed by atoms with van der Waals surface area (Å²) in [5.41, 5.74) is 0.560. The number of rotatable bonds is 1. The van der Waals surface area contributed by atoms with E-state index in [-0.39, 0.29) is 12.1 Å². The molecule has 2 rings (SSSR count). The molecule has 1 N–H and O–H groups in total. The number of carbonyl (C=O) groups is 1. The highest BCUT2D eigenvalue weighted by atomic mass is 16.6. The Labute approximate surface area is 121 Å². The fourth-order valence-electron chi connectivity index (χ4n) is 2.19. The third-order valence-electron chi connectivity index (χ3n) is 2.92. The van der Waals surface area contributed by atoms with E-state index >= 15 is 0 Å². The van der Waals surface area contributed by atoms with Crippen LogP contribution in [0.15, 0.2) is 6.20 Å². The number of aryl methyl sites for hydroxylation is 1. The molecule has 5 heteroatoms. The Morgan fingerprint density at radius 2 is 2.10 bits per heavy atom. The fourth-order valence-corrected chi connectivity index (χ4v) is 2.19. The van der Waals surface area contributed by atoms with Crippen molar-refractivity contribution < 1.29 is 9.53 Å². The van der Waals surface area contributed by atoms with Crippen LogP contribution in [0.1, 0.15) is 65.0 Å². The number of nitrogens with one attached hydrogen (secondary N) is 1. The van der Waals surface area contributed by atoms with Gasteiger partial charge < -0.3 is 9.72 Å². The molecule has 0 spiro atoms. The largest absolute Gasteiger partial charge is 0.444 e. The van der Waals surface area contributed by atoms with E-state index in [0.29, 0.717) is 0 Å². The van der Waals surface area contributed by atoms with E-state index in [9.17, 15) is 4.79 Å². The second-order valence-electron chi connectivity index (χ2n) is 5.78. The van der Waals surface area contributed by atoms with Crippen molar-refractivity contribution in [3.63, 3.8) is 0 Å². The number of likely N-dealkylation sites (tertiary alicyclic amines) is 1. The van der Waals surface area contributed by atoms with Gasteiger partial charge in [0.25, 0.3) is 0 Å². The molecule has 1 unspecified atom stereocenters. The Morgan fingerprint density at radius 1 is 1.45 bits per heavy atom. The highest BCUT2D eigenvalue weighted by Gasteiger charge is 2.34. The van der Waals surface area contributed by atoms with Crippen LogP contribution in [0.25, 0.3) is 0 Å². The van der Waals surface area contributed by atoms with Gasteiger partial charge in [-0.1, -0.05) is 13.8 Å². The molecular weight excluding hydrogens is 254 g/mol. The van der Waals surface area contributed by atoms with Gasteiger partial charge in [-0.3, -0.25) is 4.90 Å². The lowest BCUT2D eigenvalue weighted by Crippen LogP contribution is -2.36. The number of aromatic amines is 1. The zero-order valence-electron chi connectivity index (χ0n) is 13.5. The summed E-state index contributed by atoms with van der Waals surface area (Å²) in [5.74, 6) is 0.857. The second-order valence-corrected chi connectivity index (χ2v) is 5.78. The molecule has 1 aromatic rings. The van der Waals surface area contributed by atoms with Crippen molar-refractivity contribution >= 4 is 6.09 Å². The van der Waals surface area contributed by atoms with E-state index in [1.807, 2.05) is 41.5 Å². The van der Waals surface area contributed by atoms with Gasteiger partial charge in [0, 0.05) is 18.4 Å². The second kappa shape index (κ2) is 6.77. The maximum absolute atomic E-state index is 12.1. The first-order chi connectivity index (χ1) is 9.37. The van der Waals surface area contributed by atoms with Gasteiger partial charge in [-0.15, -0.1) is 0 Å². The predicted molar refractivity (Wildman–Crippen MR) is 79.6 cm³/mol. The number of amides is 1. The SMILES string of the molecule is CC.Cc1cnc(C2CCCN2C(=O)OC(C)(C)C)[nH]1. The summed E-state index contributed by atoms with van der Waals surface area (Å²) in [7, 11) is 0. The van der Waals surface area contributed by atoms with E-state index in [0.717, 1.165) is 30.9 Å². The van der Waals surface area contributed by atoms with Gasteiger partial charge in [-0.2, -0.15) is 0 Å². The van der Waals surface area contributed by atoms with Gasteiger partial charge in [-0.05, 0) is 40.5 Å². The third-order valence-corrected chi connectivity index (χ3v) is 2.92. The van der Waals surface area contributed by atoms with Gasteiger partial charge in [-0.25, -0.2) is 9.78 Å². The number of hydrogen-bond donors (Lipinski definition) is 1. The quantitative estimate of drug-likeness (QED) is 0.851. The Kier molecular flexibility index (Phi) is 5.60. The predicted octanol–water partition coefficient (Wildman–Crippen LogP) is 3.82. The first-order valence-electron chi connectivity index (χ1n) is 7.38.